The maximum atomic E-state index is 13.5. The molecule has 0 radical (unpaired) electrons. The van der Waals surface area contributed by atoms with Crippen molar-refractivity contribution in [2.24, 2.45) is 0 Å². The molecule has 98 valence electrons. The molecule has 4 nitrogen and oxygen atoms in total. The van der Waals surface area contributed by atoms with E-state index in [9.17, 15) is 14.0 Å². The number of hydrogen-bond acceptors (Lipinski definition) is 2. The Kier molecular flexibility index (Phi) is 3.53. The van der Waals surface area contributed by atoms with E-state index in [2.05, 4.69) is 15.9 Å². The third-order valence-corrected chi connectivity index (χ3v) is 3.27. The maximum Gasteiger partial charge on any atom is 0.352 e. The van der Waals surface area contributed by atoms with Crippen LogP contribution in [-0.2, 0) is 0 Å². The molecule has 2 rings (SSSR count). The first-order valence-corrected chi connectivity index (χ1v) is 6.11. The number of Topliss-reactive ketones (excluding diaryl/α,β-unsaturated/α-hetero) is 1. The zero-order chi connectivity index (χ0) is 14.2. The Morgan fingerprint density at radius 2 is 2.00 bits per heavy atom. The highest BCUT2D eigenvalue weighted by molar-refractivity contribution is 9.10. The van der Waals surface area contributed by atoms with Gasteiger partial charge in [-0.1, -0.05) is 0 Å². The number of benzene rings is 1. The van der Waals surface area contributed by atoms with Gasteiger partial charge in [0.1, 0.15) is 11.5 Å². The molecule has 1 heterocycles. The van der Waals surface area contributed by atoms with Crippen LogP contribution in [0.3, 0.4) is 0 Å². The Bertz CT molecular complexity index is 679. The summed E-state index contributed by atoms with van der Waals surface area (Å²) in [5.41, 5.74) is 0.512. The van der Waals surface area contributed by atoms with E-state index < -0.39 is 11.8 Å². The van der Waals surface area contributed by atoms with E-state index in [0.717, 1.165) is 0 Å². The molecule has 1 N–H and O–H groups in total. The molecular formula is C13H9BrFNO3. The van der Waals surface area contributed by atoms with Crippen molar-refractivity contribution in [3.63, 3.8) is 0 Å². The molecular weight excluding hydrogens is 317 g/mol. The molecule has 0 fully saturated rings. The number of nitrogens with zero attached hydrogens (tertiary/aromatic N) is 1. The summed E-state index contributed by atoms with van der Waals surface area (Å²) in [6.07, 6.45) is 1.38. The van der Waals surface area contributed by atoms with Gasteiger partial charge in [-0.2, -0.15) is 0 Å². The molecule has 0 spiro atoms. The molecule has 0 saturated heterocycles. The summed E-state index contributed by atoms with van der Waals surface area (Å²) < 4.78 is 15.0. The monoisotopic (exact) mass is 325 g/mol. The fourth-order valence-corrected chi connectivity index (χ4v) is 1.92. The summed E-state index contributed by atoms with van der Waals surface area (Å²) >= 11 is 3.02. The van der Waals surface area contributed by atoms with Crippen molar-refractivity contribution in [3.8, 4) is 5.69 Å². The Morgan fingerprint density at radius 1 is 1.32 bits per heavy atom. The Hall–Kier alpha value is -1.95. The highest BCUT2D eigenvalue weighted by Gasteiger charge is 2.16. The minimum atomic E-state index is -1.18. The van der Waals surface area contributed by atoms with Gasteiger partial charge in [-0.25, -0.2) is 9.18 Å². The highest BCUT2D eigenvalue weighted by Crippen LogP contribution is 2.22. The lowest BCUT2D eigenvalue weighted by molar-refractivity contribution is 0.0688. The fourth-order valence-electron chi connectivity index (χ4n) is 1.67. The van der Waals surface area contributed by atoms with Crippen molar-refractivity contribution in [3.05, 3.63) is 52.0 Å². The van der Waals surface area contributed by atoms with Crippen LogP contribution in [0.1, 0.15) is 27.8 Å². The summed E-state index contributed by atoms with van der Waals surface area (Å²) in [6, 6.07) is 5.50. The molecule has 2 aromatic rings. The Balaban J connectivity index is 2.62. The third-order valence-electron chi connectivity index (χ3n) is 2.63. The van der Waals surface area contributed by atoms with Gasteiger partial charge < -0.3 is 9.67 Å². The number of carboxylic acids is 1. The van der Waals surface area contributed by atoms with Crippen molar-refractivity contribution in [2.75, 3.05) is 0 Å². The van der Waals surface area contributed by atoms with Gasteiger partial charge in [0, 0.05) is 17.4 Å². The number of halogens is 2. The second-order valence-corrected chi connectivity index (χ2v) is 4.80. The minimum Gasteiger partial charge on any atom is -0.477 e. The molecule has 19 heavy (non-hydrogen) atoms. The fraction of sp³-hybridized carbons (Fsp3) is 0.0769. The summed E-state index contributed by atoms with van der Waals surface area (Å²) in [7, 11) is 0. The number of aromatic nitrogens is 1. The SMILES string of the molecule is CC(=O)c1cc(C(=O)O)n(-c2ccc(Br)c(F)c2)c1. The Labute approximate surface area is 116 Å². The second kappa shape index (κ2) is 4.97. The lowest BCUT2D eigenvalue weighted by Gasteiger charge is -2.06. The number of carboxylic acid groups (broad SMARTS) is 1. The molecule has 1 aromatic carbocycles. The van der Waals surface area contributed by atoms with Gasteiger partial charge in [0.25, 0.3) is 0 Å². The molecule has 0 amide bonds. The molecule has 0 bridgehead atoms. The van der Waals surface area contributed by atoms with Crippen LogP contribution in [0.2, 0.25) is 0 Å². The molecule has 0 aliphatic heterocycles. The van der Waals surface area contributed by atoms with E-state index in [1.807, 2.05) is 0 Å². The molecule has 0 atom stereocenters. The average Bonchev–Trinajstić information content (AvgIpc) is 2.78. The summed E-state index contributed by atoms with van der Waals surface area (Å²) in [6.45, 7) is 1.34. The lowest BCUT2D eigenvalue weighted by atomic mass is 10.2. The average molecular weight is 326 g/mol. The van der Waals surface area contributed by atoms with Crippen LogP contribution in [0.5, 0.6) is 0 Å². The first-order valence-electron chi connectivity index (χ1n) is 5.32. The van der Waals surface area contributed by atoms with Crippen molar-refractivity contribution in [2.45, 2.75) is 6.92 Å². The highest BCUT2D eigenvalue weighted by atomic mass is 79.9. The number of carbonyl (C=O) groups is 2. The van der Waals surface area contributed by atoms with E-state index in [-0.39, 0.29) is 21.5 Å². The van der Waals surface area contributed by atoms with Gasteiger partial charge in [0.05, 0.1) is 4.47 Å². The number of aromatic carboxylic acids is 1. The summed E-state index contributed by atoms with van der Waals surface area (Å²) in [5.74, 6) is -1.94. The number of carbonyl (C=O) groups excluding carboxylic acids is 1. The van der Waals surface area contributed by atoms with Gasteiger partial charge in [0.15, 0.2) is 5.78 Å². The summed E-state index contributed by atoms with van der Waals surface area (Å²) in [5, 5.41) is 9.11. The second-order valence-electron chi connectivity index (χ2n) is 3.94. The first kappa shape index (κ1) is 13.5. The van der Waals surface area contributed by atoms with E-state index in [0.29, 0.717) is 5.69 Å². The molecule has 0 saturated carbocycles. The van der Waals surface area contributed by atoms with Gasteiger partial charge in [0.2, 0.25) is 0 Å². The van der Waals surface area contributed by atoms with Gasteiger partial charge in [-0.15, -0.1) is 0 Å². The maximum absolute atomic E-state index is 13.5. The molecule has 0 aliphatic rings. The van der Waals surface area contributed by atoms with Crippen LogP contribution in [0.15, 0.2) is 34.9 Å². The molecule has 1 aromatic heterocycles. The number of rotatable bonds is 3. The van der Waals surface area contributed by atoms with Crippen molar-refractivity contribution >= 4 is 27.7 Å². The van der Waals surface area contributed by atoms with Crippen LogP contribution < -0.4 is 0 Å². The van der Waals surface area contributed by atoms with E-state index in [4.69, 9.17) is 5.11 Å². The number of ketones is 1. The predicted molar refractivity (Wildman–Crippen MR) is 70.4 cm³/mol. The zero-order valence-electron chi connectivity index (χ0n) is 9.85. The van der Waals surface area contributed by atoms with Crippen LogP contribution in [-0.4, -0.2) is 21.4 Å². The molecule has 0 aliphatic carbocycles. The summed E-state index contributed by atoms with van der Waals surface area (Å²) in [4.78, 5) is 22.4. The zero-order valence-corrected chi connectivity index (χ0v) is 11.4. The first-order chi connectivity index (χ1) is 8.90. The van der Waals surface area contributed by atoms with Crippen LogP contribution >= 0.6 is 15.9 Å². The van der Waals surface area contributed by atoms with Crippen LogP contribution in [0, 0.1) is 5.82 Å². The van der Waals surface area contributed by atoms with E-state index >= 15 is 0 Å². The van der Waals surface area contributed by atoms with E-state index in [1.54, 1.807) is 6.07 Å². The minimum absolute atomic E-state index is 0.0908. The van der Waals surface area contributed by atoms with Gasteiger partial charge in [-0.05, 0) is 47.1 Å². The smallest absolute Gasteiger partial charge is 0.352 e. The lowest BCUT2D eigenvalue weighted by Crippen LogP contribution is -2.05. The predicted octanol–water partition coefficient (Wildman–Crippen LogP) is 3.28. The van der Waals surface area contributed by atoms with E-state index in [1.165, 1.54) is 35.9 Å². The number of hydrogen-bond donors (Lipinski definition) is 1. The van der Waals surface area contributed by atoms with Crippen LogP contribution in [0.4, 0.5) is 4.39 Å². The van der Waals surface area contributed by atoms with Gasteiger partial charge in [-0.3, -0.25) is 4.79 Å². The Morgan fingerprint density at radius 3 is 2.53 bits per heavy atom. The van der Waals surface area contributed by atoms with Crippen molar-refractivity contribution in [1.82, 2.24) is 4.57 Å². The van der Waals surface area contributed by atoms with Crippen molar-refractivity contribution in [1.29, 1.82) is 0 Å². The largest absolute Gasteiger partial charge is 0.477 e. The quantitative estimate of drug-likeness (QED) is 0.881. The van der Waals surface area contributed by atoms with Crippen LogP contribution in [0.25, 0.3) is 5.69 Å². The molecule has 6 heteroatoms. The molecule has 0 unspecified atom stereocenters. The third kappa shape index (κ3) is 2.58. The normalized spacial score (nSPS) is 10.5. The van der Waals surface area contributed by atoms with Crippen molar-refractivity contribution < 1.29 is 19.1 Å². The van der Waals surface area contributed by atoms with Gasteiger partial charge >= 0.3 is 5.97 Å². The standard InChI is InChI=1S/C13H9BrFNO3/c1-7(17)8-4-12(13(18)19)16(6-8)9-2-3-10(14)11(15)5-9/h2-6H,1H3,(H,18,19). The topological polar surface area (TPSA) is 59.3 Å².